The van der Waals surface area contributed by atoms with Gasteiger partial charge in [0.15, 0.2) is 0 Å². The molecule has 0 spiro atoms. The molecule has 0 bridgehead atoms. The van der Waals surface area contributed by atoms with Crippen LogP contribution in [0.4, 0.5) is 0 Å². The molecule has 1 aliphatic rings. The molecule has 0 aromatic carbocycles. The third kappa shape index (κ3) is 3.48. The first kappa shape index (κ1) is 16.0. The first-order valence-electron chi connectivity index (χ1n) is 7.39. The van der Waals surface area contributed by atoms with Crippen LogP contribution in [0.5, 0.6) is 0 Å². The molecule has 110 valence electrons. The number of carboxylic acids is 1. The molecule has 19 heavy (non-hydrogen) atoms. The van der Waals surface area contributed by atoms with Crippen LogP contribution in [0.1, 0.15) is 59.8 Å². The van der Waals surface area contributed by atoms with Gasteiger partial charge in [-0.05, 0) is 38.5 Å². The summed E-state index contributed by atoms with van der Waals surface area (Å²) < 4.78 is 0. The van der Waals surface area contributed by atoms with Crippen LogP contribution in [0, 0.1) is 11.3 Å². The number of nitrogens with zero attached hydrogens (tertiary/aromatic N) is 1. The van der Waals surface area contributed by atoms with Crippen LogP contribution in [-0.2, 0) is 9.59 Å². The smallest absolute Gasteiger partial charge is 0.310 e. The summed E-state index contributed by atoms with van der Waals surface area (Å²) in [6.07, 6.45) is 3.18. The molecule has 1 aliphatic heterocycles. The molecule has 0 radical (unpaired) electrons. The minimum atomic E-state index is -0.889. The van der Waals surface area contributed by atoms with Gasteiger partial charge >= 0.3 is 5.97 Å². The van der Waals surface area contributed by atoms with Gasteiger partial charge in [0.2, 0.25) is 5.91 Å². The second-order valence-electron chi connectivity index (χ2n) is 6.04. The van der Waals surface area contributed by atoms with Crippen LogP contribution in [0.15, 0.2) is 0 Å². The van der Waals surface area contributed by atoms with Crippen molar-refractivity contribution in [1.29, 1.82) is 0 Å². The zero-order valence-corrected chi connectivity index (χ0v) is 12.6. The lowest BCUT2D eigenvalue weighted by Crippen LogP contribution is -2.47. The van der Waals surface area contributed by atoms with E-state index in [1.54, 1.807) is 0 Å². The summed E-state index contributed by atoms with van der Waals surface area (Å²) in [6, 6.07) is 0.233. The zero-order chi connectivity index (χ0) is 14.6. The van der Waals surface area contributed by atoms with E-state index in [2.05, 4.69) is 13.8 Å². The highest BCUT2D eigenvalue weighted by atomic mass is 16.4. The molecule has 1 fully saturated rings. The van der Waals surface area contributed by atoms with Crippen LogP contribution >= 0.6 is 0 Å². The monoisotopic (exact) mass is 269 g/mol. The average molecular weight is 269 g/mol. The molecule has 0 aromatic rings. The summed E-state index contributed by atoms with van der Waals surface area (Å²) in [4.78, 5) is 25.8. The van der Waals surface area contributed by atoms with Crippen LogP contribution < -0.4 is 0 Å². The van der Waals surface area contributed by atoms with E-state index in [0.29, 0.717) is 18.8 Å². The van der Waals surface area contributed by atoms with Crippen molar-refractivity contribution in [2.75, 3.05) is 6.54 Å². The van der Waals surface area contributed by atoms with E-state index < -0.39 is 11.4 Å². The standard InChI is InChI=1S/C15H27NO3/c1-5-15(6-2,14(18)19)10-13(17)16-8-7-11(3)9-12(16)4/h11-12H,5-10H2,1-4H3,(H,18,19). The fourth-order valence-electron chi connectivity index (χ4n) is 3.05. The van der Waals surface area contributed by atoms with Gasteiger partial charge in [0.05, 0.1) is 5.41 Å². The zero-order valence-electron chi connectivity index (χ0n) is 12.6. The molecule has 0 saturated carbocycles. The number of aliphatic carboxylic acids is 1. The minimum Gasteiger partial charge on any atom is -0.481 e. The van der Waals surface area contributed by atoms with Gasteiger partial charge in [0, 0.05) is 19.0 Å². The van der Waals surface area contributed by atoms with Crippen molar-refractivity contribution in [3.63, 3.8) is 0 Å². The van der Waals surface area contributed by atoms with Crippen LogP contribution in [-0.4, -0.2) is 34.5 Å². The van der Waals surface area contributed by atoms with Crippen molar-refractivity contribution in [3.05, 3.63) is 0 Å². The maximum atomic E-state index is 12.4. The summed E-state index contributed by atoms with van der Waals surface area (Å²) >= 11 is 0. The Bertz CT molecular complexity index is 336. The summed E-state index contributed by atoms with van der Waals surface area (Å²) in [7, 11) is 0. The summed E-state index contributed by atoms with van der Waals surface area (Å²) in [5.41, 5.74) is -0.889. The Morgan fingerprint density at radius 3 is 2.26 bits per heavy atom. The number of piperidine rings is 1. The number of hydrogen-bond acceptors (Lipinski definition) is 2. The SMILES string of the molecule is CCC(CC)(CC(=O)N1CCC(C)CC1C)C(=O)O. The number of amides is 1. The molecule has 0 aliphatic carbocycles. The Labute approximate surface area is 116 Å². The quantitative estimate of drug-likeness (QED) is 0.835. The third-order valence-corrected chi connectivity index (χ3v) is 4.76. The van der Waals surface area contributed by atoms with Crippen molar-refractivity contribution in [2.45, 2.75) is 65.8 Å². The lowest BCUT2D eigenvalue weighted by Gasteiger charge is -2.38. The molecule has 1 amide bonds. The Balaban J connectivity index is 2.75. The predicted octanol–water partition coefficient (Wildman–Crippen LogP) is 2.91. The van der Waals surface area contributed by atoms with Crippen molar-refractivity contribution in [3.8, 4) is 0 Å². The van der Waals surface area contributed by atoms with Gasteiger partial charge < -0.3 is 10.0 Å². The normalized spacial score (nSPS) is 24.3. The average Bonchev–Trinajstić information content (AvgIpc) is 2.35. The number of carbonyl (C=O) groups excluding carboxylic acids is 1. The first-order valence-corrected chi connectivity index (χ1v) is 7.39. The molecule has 4 nitrogen and oxygen atoms in total. The van der Waals surface area contributed by atoms with Gasteiger partial charge in [-0.2, -0.15) is 0 Å². The fraction of sp³-hybridized carbons (Fsp3) is 0.867. The van der Waals surface area contributed by atoms with E-state index in [-0.39, 0.29) is 18.4 Å². The van der Waals surface area contributed by atoms with E-state index in [0.717, 1.165) is 19.4 Å². The molecule has 2 unspecified atom stereocenters. The summed E-state index contributed by atoms with van der Waals surface area (Å²) in [5.74, 6) is -0.185. The molecule has 2 atom stereocenters. The molecule has 1 N–H and O–H groups in total. The molecule has 1 heterocycles. The maximum absolute atomic E-state index is 12.4. The molecule has 1 rings (SSSR count). The second kappa shape index (κ2) is 6.40. The van der Waals surface area contributed by atoms with Crippen molar-refractivity contribution in [2.24, 2.45) is 11.3 Å². The van der Waals surface area contributed by atoms with E-state index in [1.165, 1.54) is 0 Å². The second-order valence-corrected chi connectivity index (χ2v) is 6.04. The minimum absolute atomic E-state index is 0.00509. The van der Waals surface area contributed by atoms with Gasteiger partial charge in [-0.15, -0.1) is 0 Å². The topological polar surface area (TPSA) is 57.6 Å². The van der Waals surface area contributed by atoms with Crippen LogP contribution in [0.2, 0.25) is 0 Å². The van der Waals surface area contributed by atoms with E-state index in [9.17, 15) is 14.7 Å². The molecule has 1 saturated heterocycles. The van der Waals surface area contributed by atoms with Gasteiger partial charge in [-0.3, -0.25) is 9.59 Å². The molecular weight excluding hydrogens is 242 g/mol. The Kier molecular flexibility index (Phi) is 5.39. The van der Waals surface area contributed by atoms with E-state index >= 15 is 0 Å². The molecular formula is C15H27NO3. The van der Waals surface area contributed by atoms with E-state index in [4.69, 9.17) is 0 Å². The number of likely N-dealkylation sites (tertiary alicyclic amines) is 1. The van der Waals surface area contributed by atoms with Crippen LogP contribution in [0.25, 0.3) is 0 Å². The van der Waals surface area contributed by atoms with Crippen molar-refractivity contribution >= 4 is 11.9 Å². The highest BCUT2D eigenvalue weighted by Gasteiger charge is 2.39. The lowest BCUT2D eigenvalue weighted by atomic mass is 9.78. The highest BCUT2D eigenvalue weighted by molar-refractivity contribution is 5.85. The maximum Gasteiger partial charge on any atom is 0.310 e. The Morgan fingerprint density at radius 1 is 1.26 bits per heavy atom. The van der Waals surface area contributed by atoms with Gasteiger partial charge in [-0.1, -0.05) is 20.8 Å². The lowest BCUT2D eigenvalue weighted by molar-refractivity contribution is -0.155. The number of rotatable bonds is 5. The fourth-order valence-corrected chi connectivity index (χ4v) is 3.05. The summed E-state index contributed by atoms with van der Waals surface area (Å²) in [5, 5.41) is 9.41. The Hall–Kier alpha value is -1.06. The van der Waals surface area contributed by atoms with Gasteiger partial charge in [-0.25, -0.2) is 0 Å². The third-order valence-electron chi connectivity index (χ3n) is 4.76. The predicted molar refractivity (Wildman–Crippen MR) is 74.8 cm³/mol. The van der Waals surface area contributed by atoms with Crippen LogP contribution in [0.3, 0.4) is 0 Å². The molecule has 0 aromatic heterocycles. The van der Waals surface area contributed by atoms with Gasteiger partial charge in [0.25, 0.3) is 0 Å². The van der Waals surface area contributed by atoms with Crippen molar-refractivity contribution in [1.82, 2.24) is 4.90 Å². The summed E-state index contributed by atoms with van der Waals surface area (Å²) in [6.45, 7) is 8.75. The van der Waals surface area contributed by atoms with E-state index in [1.807, 2.05) is 18.7 Å². The van der Waals surface area contributed by atoms with Gasteiger partial charge in [0.1, 0.15) is 0 Å². The first-order chi connectivity index (χ1) is 8.86. The number of carboxylic acid groups (broad SMARTS) is 1. The highest BCUT2D eigenvalue weighted by Crippen LogP contribution is 2.33. The molecule has 4 heteroatoms. The Morgan fingerprint density at radius 2 is 1.84 bits per heavy atom. The largest absolute Gasteiger partial charge is 0.481 e. The van der Waals surface area contributed by atoms with Crippen molar-refractivity contribution < 1.29 is 14.7 Å². The number of hydrogen-bond donors (Lipinski definition) is 1. The number of carbonyl (C=O) groups is 2.